The number of aryl methyl sites for hydroxylation is 6. The zero-order chi connectivity index (χ0) is 90.0. The SMILES string of the molecule is CC(C)Oc1cc(Cl)cc(-c2ncn(/C=C\c3nnco3)n2)c1.Cc1cc(C)cc(-c2ncn(/C=C\c3nn(C)c(=O)o3)n2)c1.Cc1cc(C)cc(-c2ncn(/C=C\c3noc(=O)n3C)n2)c1.Cc1cc(OC(C)C)cc(-c2ncn(/C=C\c3nnco3)n2)c1.Clc1cccc(-c2ncn(/C=C/c3nnco3)n2)c1.Clc1cccc(-c2ncn(/C=C\c3nnco3)n2)c1. The molecule has 0 atom stereocenters. The zero-order valence-electron chi connectivity index (χ0n) is 70.0. The van der Waals surface area contributed by atoms with Crippen LogP contribution in [-0.4, -0.2) is 161 Å². The maximum Gasteiger partial charge on any atom is 0.441 e. The third-order valence-electron chi connectivity index (χ3n) is 16.6. The predicted octanol–water partition coefficient (Wildman–Crippen LogP) is 15.4. The minimum Gasteiger partial charge on any atom is -0.491 e. The molecule has 0 fully saturated rings. The molecule has 6 aromatic carbocycles. The van der Waals surface area contributed by atoms with Crippen LogP contribution in [0.2, 0.25) is 15.1 Å². The van der Waals surface area contributed by atoms with Gasteiger partial charge in [0.05, 0.1) is 12.2 Å². The predicted molar refractivity (Wildman–Crippen MR) is 475 cm³/mol. The van der Waals surface area contributed by atoms with E-state index in [-0.39, 0.29) is 18.1 Å². The molecule has 12 aromatic heterocycles. The van der Waals surface area contributed by atoms with E-state index in [2.05, 4.69) is 128 Å². The van der Waals surface area contributed by atoms with Crippen molar-refractivity contribution in [2.45, 2.75) is 74.5 Å². The van der Waals surface area contributed by atoms with Gasteiger partial charge in [-0.15, -0.1) is 76.5 Å². The molecular weight excluding hydrogens is 1710 g/mol. The Morgan fingerprint density at radius 2 is 0.656 bits per heavy atom. The van der Waals surface area contributed by atoms with Gasteiger partial charge in [0, 0.05) is 136 Å². The van der Waals surface area contributed by atoms with E-state index in [1.807, 2.05) is 147 Å². The van der Waals surface area contributed by atoms with Gasteiger partial charge in [-0.25, -0.2) is 67.6 Å². The van der Waals surface area contributed by atoms with Crippen LogP contribution in [0.5, 0.6) is 11.5 Å². The highest BCUT2D eigenvalue weighted by molar-refractivity contribution is 6.31. The summed E-state index contributed by atoms with van der Waals surface area (Å²) in [6, 6.07) is 38.4. The highest BCUT2D eigenvalue weighted by atomic mass is 35.5. The second-order valence-corrected chi connectivity index (χ2v) is 29.1. The molecule has 0 aliphatic carbocycles. The zero-order valence-corrected chi connectivity index (χ0v) is 72.3. The molecule has 0 saturated heterocycles. The second-order valence-electron chi connectivity index (χ2n) is 27.8. The van der Waals surface area contributed by atoms with Crippen molar-refractivity contribution in [3.63, 3.8) is 0 Å². The van der Waals surface area contributed by atoms with E-state index >= 15 is 0 Å². The maximum atomic E-state index is 11.2. The smallest absolute Gasteiger partial charge is 0.441 e. The Morgan fingerprint density at radius 1 is 0.344 bits per heavy atom. The summed E-state index contributed by atoms with van der Waals surface area (Å²) in [7, 11) is 3.11. The van der Waals surface area contributed by atoms with Crippen LogP contribution in [0.3, 0.4) is 0 Å². The third kappa shape index (κ3) is 26.5. The summed E-state index contributed by atoms with van der Waals surface area (Å²) in [5, 5.41) is 64.8. The summed E-state index contributed by atoms with van der Waals surface area (Å²) in [5.41, 5.74) is 11.1. The van der Waals surface area contributed by atoms with E-state index < -0.39 is 11.5 Å². The van der Waals surface area contributed by atoms with Crippen LogP contribution in [0, 0.1) is 34.6 Å². The molecule has 43 heteroatoms. The molecule has 0 aliphatic rings. The molecule has 12 heterocycles. The largest absolute Gasteiger partial charge is 0.491 e. The molecule has 0 radical (unpaired) electrons. The third-order valence-corrected chi connectivity index (χ3v) is 17.3. The minimum atomic E-state index is -0.505. The fourth-order valence-electron chi connectivity index (χ4n) is 11.3. The van der Waals surface area contributed by atoms with Crippen LogP contribution >= 0.6 is 34.8 Å². The summed E-state index contributed by atoms with van der Waals surface area (Å²) < 4.78 is 52.6. The normalized spacial score (nSPS) is 11.4. The van der Waals surface area contributed by atoms with E-state index in [1.54, 1.807) is 171 Å². The number of hydrogen-bond acceptors (Lipinski definition) is 32. The lowest BCUT2D eigenvalue weighted by molar-refractivity contribution is 0.242. The lowest BCUT2D eigenvalue weighted by Crippen LogP contribution is -2.10. The van der Waals surface area contributed by atoms with E-state index in [0.717, 1.165) is 60.5 Å². The molecule has 0 N–H and O–H groups in total. The van der Waals surface area contributed by atoms with Gasteiger partial charge in [-0.2, -0.15) is 4.68 Å². The molecule has 648 valence electrons. The van der Waals surface area contributed by atoms with Crippen LogP contribution < -0.4 is 21.0 Å². The van der Waals surface area contributed by atoms with Crippen molar-refractivity contribution < 1.29 is 36.1 Å². The number of halogens is 3. The Balaban J connectivity index is 0.000000131. The van der Waals surface area contributed by atoms with Gasteiger partial charge in [-0.05, 0) is 153 Å². The molecule has 0 saturated carbocycles. The quantitative estimate of drug-likeness (QED) is 0.0608. The van der Waals surface area contributed by atoms with Crippen LogP contribution in [-0.2, 0) is 14.1 Å². The molecule has 0 amide bonds. The first-order valence-electron chi connectivity index (χ1n) is 38.5. The van der Waals surface area contributed by atoms with Crippen LogP contribution in [0.4, 0.5) is 0 Å². The summed E-state index contributed by atoms with van der Waals surface area (Å²) in [4.78, 5) is 47.9. The summed E-state index contributed by atoms with van der Waals surface area (Å²) >= 11 is 18.0. The molecule has 0 unspecified atom stereocenters. The molecule has 18 rings (SSSR count). The van der Waals surface area contributed by atoms with E-state index in [1.165, 1.54) is 48.3 Å². The Kier molecular flexibility index (Phi) is 30.0. The molecule has 0 spiro atoms. The van der Waals surface area contributed by atoms with Crippen molar-refractivity contribution in [3.05, 3.63) is 284 Å². The number of nitrogens with zero attached hydrogens (tertiary/aromatic N) is 30. The average molecular weight is 1790 g/mol. The minimum absolute atomic E-state index is 0.0594. The fraction of sp³-hybridized carbons (Fsp3) is 0.153. The van der Waals surface area contributed by atoms with Gasteiger partial charge in [0.2, 0.25) is 55.0 Å². The Hall–Kier alpha value is -16.5. The Morgan fingerprint density at radius 3 is 0.969 bits per heavy atom. The second kappa shape index (κ2) is 43.0. The number of hydrogen-bond donors (Lipinski definition) is 0. The summed E-state index contributed by atoms with van der Waals surface area (Å²) in [6.07, 6.45) is 34.6. The van der Waals surface area contributed by atoms with Gasteiger partial charge in [-0.1, -0.05) is 98.6 Å². The average Bonchev–Trinajstić information content (AvgIpc) is 1.77. The first-order chi connectivity index (χ1) is 61.8. The van der Waals surface area contributed by atoms with Crippen molar-refractivity contribution in [1.82, 2.24) is 149 Å². The Bertz CT molecular complexity index is 6650. The molecular formula is C85H77Cl3N30O10. The Labute approximate surface area is 741 Å². The van der Waals surface area contributed by atoms with Gasteiger partial charge >= 0.3 is 11.5 Å². The molecule has 128 heavy (non-hydrogen) atoms. The molecule has 40 nitrogen and oxygen atoms in total. The van der Waals surface area contributed by atoms with Crippen molar-refractivity contribution in [3.8, 4) is 79.8 Å². The first kappa shape index (κ1) is 89.3. The number of aromatic nitrogens is 30. The summed E-state index contributed by atoms with van der Waals surface area (Å²) in [6.45, 7) is 18.1. The van der Waals surface area contributed by atoms with E-state index in [9.17, 15) is 9.59 Å². The summed E-state index contributed by atoms with van der Waals surface area (Å²) in [5.74, 6) is 6.34. The standard InChI is InChI=1S/C16H17N5O2.C15H14ClN5O2.2C15H15N5O2.2C12H8ClN5O/c1-11(2)23-14-7-12(3)6-13(8-14)16-17-9-21(20-16)5-4-15-19-18-10-22-15;1-10(2)23-13-6-11(5-12(16)7-13)15-17-8-21(20-15)4-3-14-19-18-9-22-14;1-10-6-11(2)8-12(7-10)14-16-9-20(17-14)5-4-13-18-22-15(21)19(13)3;1-10-6-11(2)8-12(7-10)14-16-9-20(18-14)5-4-13-17-19(3)15(21)22-13;2*13-10-3-1-2-9(6-10)12-14-7-18(17-12)5-4-11-16-15-8-19-11/h4-11H,1-3H3;3-10H,1-2H3;2*4-9H,1-3H3;2*1-8H/b5-4-;4-3-;2*5-4-;5-4+;5-4-. The van der Waals surface area contributed by atoms with Gasteiger partial charge in [0.1, 0.15) is 49.5 Å². The van der Waals surface area contributed by atoms with Crippen molar-refractivity contribution >= 4 is 108 Å². The fourth-order valence-corrected chi connectivity index (χ4v) is 11.9. The lowest BCUT2D eigenvalue weighted by atomic mass is 10.1. The van der Waals surface area contributed by atoms with Gasteiger partial charge in [0.15, 0.2) is 40.8 Å². The monoisotopic (exact) mass is 1780 g/mol. The highest BCUT2D eigenvalue weighted by Crippen LogP contribution is 2.30. The van der Waals surface area contributed by atoms with Crippen LogP contribution in [0.15, 0.2) is 221 Å². The van der Waals surface area contributed by atoms with Gasteiger partial charge < -0.3 is 31.6 Å². The van der Waals surface area contributed by atoms with E-state index in [4.69, 9.17) is 66.4 Å². The molecule has 0 aliphatic heterocycles. The van der Waals surface area contributed by atoms with Gasteiger partial charge in [0.25, 0.3) is 0 Å². The van der Waals surface area contributed by atoms with E-state index in [0.29, 0.717) is 85.2 Å². The molecule has 0 bridgehead atoms. The molecule has 18 aromatic rings. The van der Waals surface area contributed by atoms with Gasteiger partial charge in [-0.3, -0.25) is 9.09 Å². The van der Waals surface area contributed by atoms with Crippen molar-refractivity contribution in [2.24, 2.45) is 14.1 Å². The number of ether oxygens (including phenoxy) is 2. The first-order valence-corrected chi connectivity index (χ1v) is 39.6. The van der Waals surface area contributed by atoms with Crippen molar-refractivity contribution in [1.29, 1.82) is 0 Å². The number of benzene rings is 6. The highest BCUT2D eigenvalue weighted by Gasteiger charge is 2.15. The lowest BCUT2D eigenvalue weighted by Gasteiger charge is -2.11. The topological polar surface area (TPSA) is 454 Å². The van der Waals surface area contributed by atoms with Crippen molar-refractivity contribution in [2.75, 3.05) is 0 Å². The van der Waals surface area contributed by atoms with Crippen LogP contribution in [0.25, 0.3) is 142 Å². The number of rotatable bonds is 22. The van der Waals surface area contributed by atoms with Crippen LogP contribution in [0.1, 0.15) is 90.8 Å². The maximum absolute atomic E-state index is 11.2.